The number of halogens is 1. The zero-order valence-corrected chi connectivity index (χ0v) is 14.3. The van der Waals surface area contributed by atoms with Gasteiger partial charge in [0, 0.05) is 39.3 Å². The van der Waals surface area contributed by atoms with Crippen LogP contribution in [0.25, 0.3) is 0 Å². The predicted molar refractivity (Wildman–Crippen MR) is 96.4 cm³/mol. The Labute approximate surface area is 148 Å². The Morgan fingerprint density at radius 1 is 0.880 bits per heavy atom. The molecule has 1 amide bonds. The number of carbonyl (C=O) groups is 1. The van der Waals surface area contributed by atoms with E-state index in [1.54, 1.807) is 12.1 Å². The maximum absolute atomic E-state index is 12.9. The normalized spacial score (nSPS) is 15.9. The van der Waals surface area contributed by atoms with Crippen LogP contribution in [0.4, 0.5) is 4.39 Å². The SMILES string of the molecule is O=C(CN1CCN(Cc2ccccc2)CC1)NCc1ccc(F)cc1. The number of nitrogens with one attached hydrogen (secondary N) is 1. The smallest absolute Gasteiger partial charge is 0.234 e. The zero-order chi connectivity index (χ0) is 17.5. The minimum atomic E-state index is -0.261. The van der Waals surface area contributed by atoms with Crippen LogP contribution in [-0.2, 0) is 17.9 Å². The molecule has 0 aromatic heterocycles. The van der Waals surface area contributed by atoms with Gasteiger partial charge in [-0.3, -0.25) is 14.6 Å². The highest BCUT2D eigenvalue weighted by atomic mass is 19.1. The predicted octanol–water partition coefficient (Wildman–Crippen LogP) is 2.26. The van der Waals surface area contributed by atoms with Crippen molar-refractivity contribution in [1.82, 2.24) is 15.1 Å². The van der Waals surface area contributed by atoms with Gasteiger partial charge in [-0.1, -0.05) is 42.5 Å². The van der Waals surface area contributed by atoms with Crippen molar-refractivity contribution in [1.29, 1.82) is 0 Å². The molecule has 0 radical (unpaired) electrons. The lowest BCUT2D eigenvalue weighted by atomic mass is 10.2. The summed E-state index contributed by atoms with van der Waals surface area (Å²) in [6, 6.07) is 16.7. The van der Waals surface area contributed by atoms with Gasteiger partial charge in [0.05, 0.1) is 6.54 Å². The number of amides is 1. The van der Waals surface area contributed by atoms with Crippen molar-refractivity contribution in [2.45, 2.75) is 13.1 Å². The van der Waals surface area contributed by atoms with Gasteiger partial charge in [-0.2, -0.15) is 0 Å². The molecule has 2 aromatic rings. The molecular weight excluding hydrogens is 317 g/mol. The van der Waals surface area contributed by atoms with Crippen molar-refractivity contribution in [2.75, 3.05) is 32.7 Å². The Bertz CT molecular complexity index is 667. The number of hydrogen-bond donors (Lipinski definition) is 1. The van der Waals surface area contributed by atoms with Crippen molar-refractivity contribution < 1.29 is 9.18 Å². The summed E-state index contributed by atoms with van der Waals surface area (Å²) in [7, 11) is 0. The summed E-state index contributed by atoms with van der Waals surface area (Å²) in [5.41, 5.74) is 2.23. The number of hydrogen-bond acceptors (Lipinski definition) is 3. The fraction of sp³-hybridized carbons (Fsp3) is 0.350. The van der Waals surface area contributed by atoms with Crippen LogP contribution >= 0.6 is 0 Å². The van der Waals surface area contributed by atoms with Crippen LogP contribution in [0.5, 0.6) is 0 Å². The van der Waals surface area contributed by atoms with Crippen LogP contribution in [0.1, 0.15) is 11.1 Å². The lowest BCUT2D eigenvalue weighted by Gasteiger charge is -2.34. The lowest BCUT2D eigenvalue weighted by molar-refractivity contribution is -0.122. The molecule has 1 aliphatic rings. The number of piperazine rings is 1. The Hall–Kier alpha value is -2.24. The first-order chi connectivity index (χ1) is 12.2. The number of rotatable bonds is 6. The first-order valence-corrected chi connectivity index (χ1v) is 8.69. The minimum absolute atomic E-state index is 0.0147. The average Bonchev–Trinajstić information content (AvgIpc) is 2.64. The molecule has 0 aliphatic carbocycles. The van der Waals surface area contributed by atoms with E-state index in [4.69, 9.17) is 0 Å². The van der Waals surface area contributed by atoms with Gasteiger partial charge in [-0.25, -0.2) is 4.39 Å². The number of nitrogens with zero attached hydrogens (tertiary/aromatic N) is 2. The van der Waals surface area contributed by atoms with E-state index >= 15 is 0 Å². The second kappa shape index (κ2) is 8.74. The molecule has 0 saturated carbocycles. The molecular formula is C20H24FN3O. The highest BCUT2D eigenvalue weighted by Crippen LogP contribution is 2.08. The third-order valence-corrected chi connectivity index (χ3v) is 4.48. The fourth-order valence-electron chi connectivity index (χ4n) is 3.01. The van der Waals surface area contributed by atoms with E-state index in [-0.39, 0.29) is 11.7 Å². The van der Waals surface area contributed by atoms with Gasteiger partial charge in [0.25, 0.3) is 0 Å². The van der Waals surface area contributed by atoms with Gasteiger partial charge in [-0.05, 0) is 23.3 Å². The number of benzene rings is 2. The highest BCUT2D eigenvalue weighted by molar-refractivity contribution is 5.78. The van der Waals surface area contributed by atoms with Crippen LogP contribution in [-0.4, -0.2) is 48.4 Å². The second-order valence-corrected chi connectivity index (χ2v) is 6.44. The van der Waals surface area contributed by atoms with Gasteiger partial charge < -0.3 is 5.32 Å². The average molecular weight is 341 g/mol. The lowest BCUT2D eigenvalue weighted by Crippen LogP contribution is -2.49. The Kier molecular flexibility index (Phi) is 6.14. The van der Waals surface area contributed by atoms with Crippen LogP contribution in [0.3, 0.4) is 0 Å². The largest absolute Gasteiger partial charge is 0.351 e. The summed E-state index contributed by atoms with van der Waals surface area (Å²) in [6.45, 7) is 5.56. The first kappa shape index (κ1) is 17.6. The van der Waals surface area contributed by atoms with Gasteiger partial charge in [0.2, 0.25) is 5.91 Å². The summed E-state index contributed by atoms with van der Waals surface area (Å²) in [4.78, 5) is 16.7. The molecule has 3 rings (SSSR count). The maximum atomic E-state index is 12.9. The van der Waals surface area contributed by atoms with E-state index in [0.29, 0.717) is 13.1 Å². The van der Waals surface area contributed by atoms with Crippen LogP contribution in [0.2, 0.25) is 0 Å². The molecule has 0 bridgehead atoms. The summed E-state index contributed by atoms with van der Waals surface area (Å²) in [5.74, 6) is -0.246. The molecule has 0 spiro atoms. The molecule has 5 heteroatoms. The molecule has 1 N–H and O–H groups in total. The standard InChI is InChI=1S/C20H24FN3O/c21-19-8-6-17(7-9-19)14-22-20(25)16-24-12-10-23(11-13-24)15-18-4-2-1-3-5-18/h1-9H,10-16H2,(H,22,25). The minimum Gasteiger partial charge on any atom is -0.351 e. The number of carbonyl (C=O) groups excluding carboxylic acids is 1. The zero-order valence-electron chi connectivity index (χ0n) is 14.3. The van der Waals surface area contributed by atoms with Gasteiger partial charge in [-0.15, -0.1) is 0 Å². The quantitative estimate of drug-likeness (QED) is 0.875. The molecule has 132 valence electrons. The second-order valence-electron chi connectivity index (χ2n) is 6.44. The monoisotopic (exact) mass is 341 g/mol. The summed E-state index contributed by atoms with van der Waals surface area (Å²) in [5, 5.41) is 2.90. The topological polar surface area (TPSA) is 35.6 Å². The maximum Gasteiger partial charge on any atom is 0.234 e. The van der Waals surface area contributed by atoms with Crippen LogP contribution < -0.4 is 5.32 Å². The van der Waals surface area contributed by atoms with Gasteiger partial charge in [0.15, 0.2) is 0 Å². The van der Waals surface area contributed by atoms with Crippen molar-refractivity contribution in [2.24, 2.45) is 0 Å². The van der Waals surface area contributed by atoms with Crippen molar-refractivity contribution in [3.8, 4) is 0 Å². The van der Waals surface area contributed by atoms with E-state index in [1.165, 1.54) is 17.7 Å². The molecule has 2 aromatic carbocycles. The first-order valence-electron chi connectivity index (χ1n) is 8.69. The third kappa shape index (κ3) is 5.66. The fourth-order valence-corrected chi connectivity index (χ4v) is 3.01. The van der Waals surface area contributed by atoms with E-state index in [9.17, 15) is 9.18 Å². The van der Waals surface area contributed by atoms with Gasteiger partial charge in [0.1, 0.15) is 5.82 Å². The molecule has 4 nitrogen and oxygen atoms in total. The highest BCUT2D eigenvalue weighted by Gasteiger charge is 2.18. The van der Waals surface area contributed by atoms with Crippen molar-refractivity contribution in [3.63, 3.8) is 0 Å². The van der Waals surface area contributed by atoms with E-state index in [0.717, 1.165) is 38.3 Å². The summed E-state index contributed by atoms with van der Waals surface area (Å²) >= 11 is 0. The van der Waals surface area contributed by atoms with Gasteiger partial charge >= 0.3 is 0 Å². The molecule has 1 saturated heterocycles. The van der Waals surface area contributed by atoms with Crippen LogP contribution in [0.15, 0.2) is 54.6 Å². The molecule has 0 unspecified atom stereocenters. The van der Waals surface area contributed by atoms with E-state index < -0.39 is 0 Å². The summed E-state index contributed by atoms with van der Waals surface area (Å²) < 4.78 is 12.9. The molecule has 1 fully saturated rings. The van der Waals surface area contributed by atoms with Crippen molar-refractivity contribution >= 4 is 5.91 Å². The van der Waals surface area contributed by atoms with E-state index in [2.05, 4.69) is 39.4 Å². The van der Waals surface area contributed by atoms with Crippen molar-refractivity contribution in [3.05, 3.63) is 71.5 Å². The molecule has 1 heterocycles. The van der Waals surface area contributed by atoms with Crippen LogP contribution in [0, 0.1) is 5.82 Å². The molecule has 25 heavy (non-hydrogen) atoms. The van der Waals surface area contributed by atoms with E-state index in [1.807, 2.05) is 6.07 Å². The third-order valence-electron chi connectivity index (χ3n) is 4.48. The Balaban J connectivity index is 1.36. The molecule has 0 atom stereocenters. The molecule has 1 aliphatic heterocycles. The Morgan fingerprint density at radius 3 is 2.20 bits per heavy atom. The Morgan fingerprint density at radius 2 is 1.52 bits per heavy atom. The summed E-state index contributed by atoms with van der Waals surface area (Å²) in [6.07, 6.45) is 0.